The molecule has 0 amide bonds. The van der Waals surface area contributed by atoms with Crippen LogP contribution in [0.5, 0.6) is 0 Å². The van der Waals surface area contributed by atoms with Crippen LogP contribution in [0.3, 0.4) is 0 Å². The van der Waals surface area contributed by atoms with Gasteiger partial charge in [-0.3, -0.25) is 0 Å². The number of nitrogens with one attached hydrogen (secondary N) is 1. The van der Waals surface area contributed by atoms with E-state index in [1.165, 1.54) is 66.9 Å². The van der Waals surface area contributed by atoms with Gasteiger partial charge in [-0.25, -0.2) is 9.97 Å². The standard InChI is InChI=1S/C36H46N4.2Pt/c1-9-22-19-25-20-23-17-18-24(37-23)21-32-26(10-2)29(13-5)36(40(32)16-8)31(15-7)35-28(12-4)27(11-3)34(39-35)30(14-6)33(22)38-25;;/h17-21,38H,9-16H2,1-8H3;;. The van der Waals surface area contributed by atoms with E-state index >= 15 is 0 Å². The number of aromatic nitrogens is 4. The predicted octanol–water partition coefficient (Wildman–Crippen LogP) is 9.52. The van der Waals surface area contributed by atoms with Crippen LogP contribution in [0.15, 0.2) is 18.2 Å². The molecule has 0 radical (unpaired) electrons. The smallest absolute Gasteiger partial charge is 0.0725 e. The summed E-state index contributed by atoms with van der Waals surface area (Å²) >= 11 is 0. The molecule has 4 nitrogen and oxygen atoms in total. The van der Waals surface area contributed by atoms with Crippen molar-refractivity contribution >= 4 is 45.4 Å². The van der Waals surface area contributed by atoms with Gasteiger partial charge in [0.2, 0.25) is 0 Å². The van der Waals surface area contributed by atoms with E-state index in [2.05, 4.69) is 95.3 Å². The van der Waals surface area contributed by atoms with Crippen molar-refractivity contribution in [1.82, 2.24) is 19.5 Å². The zero-order valence-corrected chi connectivity index (χ0v) is 31.1. The Kier molecular flexibility index (Phi) is 12.0. The minimum Gasteiger partial charge on any atom is -0.355 e. The fourth-order valence-electron chi connectivity index (χ4n) is 7.06. The minimum atomic E-state index is 0. The molecule has 2 aliphatic heterocycles. The largest absolute Gasteiger partial charge is 0.355 e. The number of aromatic amines is 1. The van der Waals surface area contributed by atoms with Crippen LogP contribution < -0.4 is 0 Å². The molecule has 0 aromatic carbocycles. The van der Waals surface area contributed by atoms with Gasteiger partial charge in [-0.1, -0.05) is 48.5 Å². The molecule has 8 bridgehead atoms. The molecule has 0 unspecified atom stereocenters. The van der Waals surface area contributed by atoms with Crippen LogP contribution >= 0.6 is 0 Å². The molecule has 0 spiro atoms. The van der Waals surface area contributed by atoms with Crippen molar-refractivity contribution in [2.45, 2.75) is 107 Å². The first kappa shape index (κ1) is 34.5. The molecule has 5 heterocycles. The molecule has 0 atom stereocenters. The first-order valence-corrected chi connectivity index (χ1v) is 15.7. The summed E-state index contributed by atoms with van der Waals surface area (Å²) in [5, 5.41) is 0. The number of rotatable bonds is 8. The molecule has 5 rings (SSSR count). The molecule has 0 fully saturated rings. The summed E-state index contributed by atoms with van der Waals surface area (Å²) in [6.45, 7) is 19.2. The Balaban J connectivity index is 0.00000242. The van der Waals surface area contributed by atoms with E-state index in [4.69, 9.17) is 9.97 Å². The third-order valence-corrected chi connectivity index (χ3v) is 8.85. The van der Waals surface area contributed by atoms with Crippen LogP contribution in [0.1, 0.15) is 119 Å². The summed E-state index contributed by atoms with van der Waals surface area (Å²) in [6.07, 6.45) is 11.2. The van der Waals surface area contributed by atoms with E-state index in [-0.39, 0.29) is 42.1 Å². The number of fused-ring (bicyclic) bond motifs is 8. The van der Waals surface area contributed by atoms with Crippen LogP contribution in [0.2, 0.25) is 0 Å². The Morgan fingerprint density at radius 2 is 1.17 bits per heavy atom. The van der Waals surface area contributed by atoms with Crippen molar-refractivity contribution in [1.29, 1.82) is 0 Å². The minimum absolute atomic E-state index is 0. The average Bonchev–Trinajstić information content (AvgIpc) is 3.73. The van der Waals surface area contributed by atoms with E-state index in [1.54, 1.807) is 0 Å². The van der Waals surface area contributed by atoms with Crippen LogP contribution in [-0.2, 0) is 80.8 Å². The van der Waals surface area contributed by atoms with E-state index in [1.807, 2.05) is 0 Å². The quantitative estimate of drug-likeness (QED) is 0.192. The second-order valence-electron chi connectivity index (χ2n) is 10.8. The predicted molar refractivity (Wildman–Crippen MR) is 174 cm³/mol. The number of nitrogens with zero attached hydrogens (tertiary/aromatic N) is 3. The molecule has 42 heavy (non-hydrogen) atoms. The second kappa shape index (κ2) is 14.6. The van der Waals surface area contributed by atoms with E-state index in [0.29, 0.717) is 0 Å². The number of allylic oxidation sites excluding steroid dienone is 2. The Bertz CT molecular complexity index is 1680. The van der Waals surface area contributed by atoms with E-state index in [0.717, 1.165) is 68.4 Å². The summed E-state index contributed by atoms with van der Waals surface area (Å²) in [4.78, 5) is 14.4. The van der Waals surface area contributed by atoms with Crippen LogP contribution in [0.4, 0.5) is 0 Å². The van der Waals surface area contributed by atoms with Gasteiger partial charge in [-0.2, -0.15) is 0 Å². The van der Waals surface area contributed by atoms with Crippen molar-refractivity contribution in [3.8, 4) is 0 Å². The normalized spacial score (nSPS) is 12.5. The maximum absolute atomic E-state index is 5.61. The number of H-pyrrole nitrogens is 1. The van der Waals surface area contributed by atoms with Gasteiger partial charge in [0.05, 0.1) is 28.3 Å². The van der Waals surface area contributed by atoms with Crippen molar-refractivity contribution in [2.24, 2.45) is 0 Å². The molecule has 2 aliphatic rings. The molecule has 3 aromatic rings. The zero-order chi connectivity index (χ0) is 28.6. The van der Waals surface area contributed by atoms with Gasteiger partial charge in [0.25, 0.3) is 0 Å². The molecule has 1 N–H and O–H groups in total. The van der Waals surface area contributed by atoms with Crippen LogP contribution in [-0.4, -0.2) is 19.5 Å². The van der Waals surface area contributed by atoms with Crippen molar-refractivity contribution in [3.63, 3.8) is 0 Å². The molecule has 230 valence electrons. The maximum Gasteiger partial charge on any atom is 0.0725 e. The monoisotopic (exact) mass is 924 g/mol. The first-order valence-electron chi connectivity index (χ1n) is 15.7. The molecule has 3 aromatic heterocycles. The Hall–Kier alpha value is -2.02. The average molecular weight is 925 g/mol. The maximum atomic E-state index is 5.61. The summed E-state index contributed by atoms with van der Waals surface area (Å²) < 4.78 is 2.55. The van der Waals surface area contributed by atoms with Gasteiger partial charge >= 0.3 is 0 Å². The summed E-state index contributed by atoms with van der Waals surface area (Å²) in [5.41, 5.74) is 19.3. The van der Waals surface area contributed by atoms with E-state index in [9.17, 15) is 0 Å². The van der Waals surface area contributed by atoms with Gasteiger partial charge in [0, 0.05) is 76.4 Å². The van der Waals surface area contributed by atoms with Gasteiger partial charge in [-0.15, -0.1) is 0 Å². The third-order valence-electron chi connectivity index (χ3n) is 8.85. The molecule has 0 aliphatic carbocycles. The number of aryl methyl sites for hydroxylation is 6. The second-order valence-corrected chi connectivity index (χ2v) is 10.8. The Morgan fingerprint density at radius 3 is 1.69 bits per heavy atom. The van der Waals surface area contributed by atoms with Gasteiger partial charge in [-0.05, 0) is 110 Å². The molecule has 0 saturated carbocycles. The van der Waals surface area contributed by atoms with Crippen LogP contribution in [0.25, 0.3) is 45.4 Å². The van der Waals surface area contributed by atoms with Crippen molar-refractivity contribution in [3.05, 3.63) is 68.8 Å². The van der Waals surface area contributed by atoms with Gasteiger partial charge in [0.1, 0.15) is 0 Å². The van der Waals surface area contributed by atoms with Crippen LogP contribution in [0, 0.1) is 0 Å². The number of hydrogen-bond acceptors (Lipinski definition) is 2. The molecular formula is C36H46N4Pt2. The molecular weight excluding hydrogens is 879 g/mol. The Morgan fingerprint density at radius 1 is 0.595 bits per heavy atom. The Labute approximate surface area is 281 Å². The zero-order valence-electron chi connectivity index (χ0n) is 26.5. The fraction of sp³-hybridized carbons (Fsp3) is 0.444. The summed E-state index contributed by atoms with van der Waals surface area (Å²) in [7, 11) is 0. The summed E-state index contributed by atoms with van der Waals surface area (Å²) in [5.74, 6) is 0. The molecule has 0 saturated heterocycles. The molecule has 6 heteroatoms. The van der Waals surface area contributed by atoms with Crippen molar-refractivity contribution in [2.75, 3.05) is 0 Å². The topological polar surface area (TPSA) is 46.5 Å². The van der Waals surface area contributed by atoms with Gasteiger partial charge < -0.3 is 9.55 Å². The summed E-state index contributed by atoms with van der Waals surface area (Å²) in [6, 6.07) is 6.80. The fourth-order valence-corrected chi connectivity index (χ4v) is 7.06. The number of hydrogen-bond donors (Lipinski definition) is 1. The van der Waals surface area contributed by atoms with Crippen molar-refractivity contribution < 1.29 is 42.1 Å². The third kappa shape index (κ3) is 5.76. The first-order chi connectivity index (χ1) is 19.5. The van der Waals surface area contributed by atoms with Gasteiger partial charge in [0.15, 0.2) is 0 Å². The SMILES string of the molecule is CCC1=C(CC)c2nc1c(CC)c1[nH]c(cc3nc(cc4c(CC)c(CC)c(c2CC)n4CC)C=C3)cc1CC.[Pt].[Pt]. The van der Waals surface area contributed by atoms with E-state index < -0.39 is 0 Å².